The molecule has 0 unspecified atom stereocenters. The molecule has 0 radical (unpaired) electrons. The average molecular weight is 402 g/mol. The molecular formula is C19H34BrN2O2+. The highest BCUT2D eigenvalue weighted by molar-refractivity contribution is 9.10. The lowest BCUT2D eigenvalue weighted by Crippen LogP contribution is -2.26. The number of hydrogen-bond acceptors (Lipinski definition) is 2. The third-order valence-electron chi connectivity index (χ3n) is 4.10. The van der Waals surface area contributed by atoms with Crippen molar-refractivity contribution >= 4 is 21.9 Å². The fourth-order valence-corrected chi connectivity index (χ4v) is 2.72. The summed E-state index contributed by atoms with van der Waals surface area (Å²) in [4.78, 5) is 11.5. The standard InChI is InChI=1S/C19H34BrN2O2/c1-19(2,20)18(23)24-16-12-10-8-6-4-5-7-9-11-13-22-15-14-21(3)17-22/h14-15,17H,4-13,16H2,1-3H3/q+1. The second-order valence-corrected chi connectivity index (χ2v) is 9.09. The van der Waals surface area contributed by atoms with E-state index in [9.17, 15) is 4.79 Å². The van der Waals surface area contributed by atoms with Crippen molar-refractivity contribution in [2.24, 2.45) is 7.05 Å². The van der Waals surface area contributed by atoms with E-state index in [1.807, 2.05) is 13.8 Å². The number of ether oxygens (including phenoxy) is 1. The molecule has 0 N–H and O–H groups in total. The lowest BCUT2D eigenvalue weighted by atomic mass is 10.1. The second-order valence-electron chi connectivity index (χ2n) is 7.11. The molecule has 1 aromatic heterocycles. The summed E-state index contributed by atoms with van der Waals surface area (Å²) in [6, 6.07) is 0. The molecule has 1 aromatic rings. The number of unbranched alkanes of at least 4 members (excludes halogenated alkanes) is 8. The number of carbonyl (C=O) groups excluding carboxylic acids is 1. The molecule has 0 saturated carbocycles. The van der Waals surface area contributed by atoms with Gasteiger partial charge in [0.2, 0.25) is 6.33 Å². The van der Waals surface area contributed by atoms with Crippen LogP contribution in [0.3, 0.4) is 0 Å². The molecule has 24 heavy (non-hydrogen) atoms. The SMILES string of the molecule is C[n+]1ccn(CCCCCCCCCCCOC(=O)C(C)(C)Br)c1. The number of rotatable bonds is 13. The molecular weight excluding hydrogens is 368 g/mol. The van der Waals surface area contributed by atoms with E-state index in [0.29, 0.717) is 6.61 Å². The van der Waals surface area contributed by atoms with Crippen LogP contribution >= 0.6 is 15.9 Å². The van der Waals surface area contributed by atoms with Gasteiger partial charge in [-0.05, 0) is 33.1 Å². The first-order valence-corrected chi connectivity index (χ1v) is 10.1. The number of aromatic nitrogens is 2. The van der Waals surface area contributed by atoms with Gasteiger partial charge in [-0.1, -0.05) is 54.5 Å². The molecule has 0 atom stereocenters. The van der Waals surface area contributed by atoms with Crippen molar-refractivity contribution in [3.63, 3.8) is 0 Å². The molecule has 0 fully saturated rings. The topological polar surface area (TPSA) is 35.1 Å². The van der Waals surface area contributed by atoms with Gasteiger partial charge in [0, 0.05) is 0 Å². The van der Waals surface area contributed by atoms with Crippen LogP contribution in [0.4, 0.5) is 0 Å². The van der Waals surface area contributed by atoms with Crippen LogP contribution in [-0.2, 0) is 23.1 Å². The van der Waals surface area contributed by atoms with E-state index < -0.39 is 4.32 Å². The summed E-state index contributed by atoms with van der Waals surface area (Å²) in [6.45, 7) is 5.30. The first kappa shape index (κ1) is 21.2. The molecule has 0 aliphatic heterocycles. The molecule has 0 aliphatic carbocycles. The Morgan fingerprint density at radius 3 is 2.08 bits per heavy atom. The van der Waals surface area contributed by atoms with Crippen LogP contribution in [0.2, 0.25) is 0 Å². The highest BCUT2D eigenvalue weighted by Crippen LogP contribution is 2.17. The molecule has 0 bridgehead atoms. The third kappa shape index (κ3) is 10.1. The minimum Gasteiger partial charge on any atom is -0.465 e. The number of nitrogens with zero attached hydrogens (tertiary/aromatic N) is 2. The van der Waals surface area contributed by atoms with Crippen molar-refractivity contribution < 1.29 is 14.1 Å². The predicted octanol–water partition coefficient (Wildman–Crippen LogP) is 4.54. The van der Waals surface area contributed by atoms with Crippen LogP contribution in [0, 0.1) is 0 Å². The van der Waals surface area contributed by atoms with Gasteiger partial charge in [-0.2, -0.15) is 0 Å². The number of halogens is 1. The van der Waals surface area contributed by atoms with Crippen molar-refractivity contribution in [1.29, 1.82) is 0 Å². The lowest BCUT2D eigenvalue weighted by Gasteiger charge is -2.14. The Bertz CT molecular complexity index is 466. The minimum absolute atomic E-state index is 0.170. The first-order valence-electron chi connectivity index (χ1n) is 9.27. The van der Waals surface area contributed by atoms with E-state index in [-0.39, 0.29) is 5.97 Å². The molecule has 5 heteroatoms. The number of hydrogen-bond donors (Lipinski definition) is 0. The summed E-state index contributed by atoms with van der Waals surface area (Å²) in [5.41, 5.74) is 0. The average Bonchev–Trinajstić information content (AvgIpc) is 2.92. The van der Waals surface area contributed by atoms with Crippen molar-refractivity contribution in [1.82, 2.24) is 4.57 Å². The Morgan fingerprint density at radius 1 is 1.04 bits per heavy atom. The van der Waals surface area contributed by atoms with Gasteiger partial charge in [0.05, 0.1) is 20.2 Å². The molecule has 0 aromatic carbocycles. The first-order chi connectivity index (χ1) is 11.4. The Hall–Kier alpha value is -0.840. The van der Waals surface area contributed by atoms with E-state index in [0.717, 1.165) is 19.4 Å². The van der Waals surface area contributed by atoms with E-state index in [1.54, 1.807) is 0 Å². The Labute approximate surface area is 155 Å². The normalized spacial score (nSPS) is 11.7. The quantitative estimate of drug-likeness (QED) is 0.210. The maximum atomic E-state index is 11.5. The maximum Gasteiger partial charge on any atom is 0.322 e. The van der Waals surface area contributed by atoms with Gasteiger partial charge in [-0.3, -0.25) is 4.79 Å². The van der Waals surface area contributed by atoms with Gasteiger partial charge in [0.15, 0.2) is 0 Å². The lowest BCUT2D eigenvalue weighted by molar-refractivity contribution is -0.671. The fraction of sp³-hybridized carbons (Fsp3) is 0.789. The minimum atomic E-state index is -0.563. The predicted molar refractivity (Wildman–Crippen MR) is 101 cm³/mol. The molecule has 138 valence electrons. The smallest absolute Gasteiger partial charge is 0.322 e. The molecule has 0 spiro atoms. The van der Waals surface area contributed by atoms with Crippen LogP contribution in [-0.4, -0.2) is 21.5 Å². The van der Waals surface area contributed by atoms with Crippen LogP contribution in [0.25, 0.3) is 0 Å². The highest BCUT2D eigenvalue weighted by atomic mass is 79.9. The Morgan fingerprint density at radius 2 is 1.58 bits per heavy atom. The van der Waals surface area contributed by atoms with Crippen LogP contribution < -0.4 is 4.57 Å². The number of carbonyl (C=O) groups is 1. The summed E-state index contributed by atoms with van der Waals surface area (Å²) >= 11 is 3.31. The van der Waals surface area contributed by atoms with Gasteiger partial charge >= 0.3 is 5.97 Å². The zero-order valence-corrected chi connectivity index (χ0v) is 17.2. The van der Waals surface area contributed by atoms with Crippen LogP contribution in [0.5, 0.6) is 0 Å². The van der Waals surface area contributed by atoms with E-state index >= 15 is 0 Å². The van der Waals surface area contributed by atoms with Crippen LogP contribution in [0.15, 0.2) is 18.7 Å². The van der Waals surface area contributed by atoms with Crippen molar-refractivity contribution in [2.45, 2.75) is 82.5 Å². The van der Waals surface area contributed by atoms with Crippen molar-refractivity contribution in [3.05, 3.63) is 18.7 Å². The van der Waals surface area contributed by atoms with E-state index in [1.165, 1.54) is 44.9 Å². The Balaban J connectivity index is 1.81. The summed E-state index contributed by atoms with van der Waals surface area (Å²) < 4.78 is 9.00. The summed E-state index contributed by atoms with van der Waals surface area (Å²) in [6.07, 6.45) is 17.6. The highest BCUT2D eigenvalue weighted by Gasteiger charge is 2.24. The van der Waals surface area contributed by atoms with Gasteiger partial charge < -0.3 is 4.74 Å². The molecule has 1 heterocycles. The van der Waals surface area contributed by atoms with Crippen LogP contribution in [0.1, 0.15) is 71.6 Å². The number of esters is 1. The van der Waals surface area contributed by atoms with Crippen molar-refractivity contribution in [2.75, 3.05) is 6.61 Å². The largest absolute Gasteiger partial charge is 0.465 e. The summed E-state index contributed by atoms with van der Waals surface area (Å²) in [7, 11) is 2.06. The van der Waals surface area contributed by atoms with Gasteiger partial charge in [-0.25, -0.2) is 9.13 Å². The van der Waals surface area contributed by atoms with Gasteiger partial charge in [0.1, 0.15) is 16.7 Å². The fourth-order valence-electron chi connectivity index (χ4n) is 2.60. The molecule has 4 nitrogen and oxygen atoms in total. The molecule has 0 amide bonds. The number of aryl methyl sites for hydroxylation is 2. The van der Waals surface area contributed by atoms with Gasteiger partial charge in [0.25, 0.3) is 0 Å². The van der Waals surface area contributed by atoms with E-state index in [2.05, 4.69) is 50.8 Å². The molecule has 0 aliphatic rings. The summed E-state index contributed by atoms with van der Waals surface area (Å²) in [5, 5.41) is 0. The zero-order valence-electron chi connectivity index (χ0n) is 15.6. The number of imidazole rings is 1. The van der Waals surface area contributed by atoms with Gasteiger partial charge in [-0.15, -0.1) is 0 Å². The zero-order chi connectivity index (χ0) is 17.8. The Kier molecular flexibility index (Phi) is 10.3. The second kappa shape index (κ2) is 11.7. The van der Waals surface area contributed by atoms with E-state index in [4.69, 9.17) is 4.74 Å². The maximum absolute atomic E-state index is 11.5. The third-order valence-corrected chi connectivity index (χ3v) is 4.43. The molecule has 1 rings (SSSR count). The number of alkyl halides is 1. The summed E-state index contributed by atoms with van der Waals surface area (Å²) in [5.74, 6) is -0.170. The van der Waals surface area contributed by atoms with Crippen molar-refractivity contribution in [3.8, 4) is 0 Å². The molecule has 0 saturated heterocycles. The monoisotopic (exact) mass is 401 g/mol.